The average molecular weight is 547 g/mol. The molecule has 190 valence electrons. The Bertz CT molecular complexity index is 1580. The Balaban J connectivity index is 1.43. The Morgan fingerprint density at radius 1 is 0.921 bits per heavy atom. The van der Waals surface area contributed by atoms with Crippen LogP contribution < -0.4 is 15.5 Å². The summed E-state index contributed by atoms with van der Waals surface area (Å²) >= 11 is 12.5. The summed E-state index contributed by atoms with van der Waals surface area (Å²) in [6.07, 6.45) is -1.25. The number of rotatable bonds is 5. The first-order valence-corrected chi connectivity index (χ1v) is 12.2. The number of hydrogen-bond acceptors (Lipinski definition) is 5. The number of aliphatic imine (C=N–C) groups is 1. The highest BCUT2D eigenvalue weighted by atomic mass is 35.5. The molecule has 0 aliphatic carbocycles. The van der Waals surface area contributed by atoms with Crippen LogP contribution in [0, 0.1) is 0 Å². The zero-order valence-corrected chi connectivity index (χ0v) is 21.4. The molecule has 1 aliphatic rings. The fraction of sp³-hybridized carbons (Fsp3) is 0.0741. The minimum Gasteiger partial charge on any atom is -0.321 e. The lowest BCUT2D eigenvalue weighted by Crippen LogP contribution is -2.46. The zero-order valence-electron chi connectivity index (χ0n) is 19.9. The predicted octanol–water partition coefficient (Wildman–Crippen LogP) is 4.54. The van der Waals surface area contributed by atoms with E-state index in [1.807, 2.05) is 54.6 Å². The van der Waals surface area contributed by atoms with Crippen LogP contribution in [0.1, 0.15) is 32.0 Å². The van der Waals surface area contributed by atoms with Gasteiger partial charge in [0, 0.05) is 18.2 Å². The van der Waals surface area contributed by atoms with Crippen LogP contribution in [0.4, 0.5) is 11.5 Å². The lowest BCUT2D eigenvalue weighted by Gasteiger charge is -2.20. The van der Waals surface area contributed by atoms with E-state index in [2.05, 4.69) is 25.8 Å². The van der Waals surface area contributed by atoms with E-state index in [1.54, 1.807) is 31.3 Å². The number of benzodiazepines with no additional fused rings is 1. The molecule has 1 aromatic heterocycles. The van der Waals surface area contributed by atoms with Gasteiger partial charge in [-0.3, -0.25) is 19.5 Å². The number of nitrogens with zero attached hydrogens (tertiary/aromatic N) is 3. The van der Waals surface area contributed by atoms with E-state index in [9.17, 15) is 14.4 Å². The third-order valence-electron chi connectivity index (χ3n) is 5.94. The number of carbonyl (C=O) groups excluding carboxylic acids is 3. The molecule has 0 spiro atoms. The number of benzene rings is 3. The minimum atomic E-state index is -1.25. The summed E-state index contributed by atoms with van der Waals surface area (Å²) in [5.41, 5.74) is 2.80. The SMILES string of the molecule is CN1C(=O)C(NC(=O)c2[nH]nc(NC(=O)c3ccccc3Cl)c2Cl)N=C(c2ccccc2)c2ccccc21. The summed E-state index contributed by atoms with van der Waals surface area (Å²) in [6, 6.07) is 23.2. The summed E-state index contributed by atoms with van der Waals surface area (Å²) in [4.78, 5) is 45.2. The van der Waals surface area contributed by atoms with Crippen molar-refractivity contribution in [1.82, 2.24) is 15.5 Å². The molecule has 3 amide bonds. The van der Waals surface area contributed by atoms with Gasteiger partial charge in [-0.25, -0.2) is 4.99 Å². The molecule has 11 heteroatoms. The molecule has 0 fully saturated rings. The quantitative estimate of drug-likeness (QED) is 0.340. The minimum absolute atomic E-state index is 0.0630. The maximum atomic E-state index is 13.4. The number of fused-ring (bicyclic) bond motifs is 1. The third-order valence-corrected chi connectivity index (χ3v) is 6.64. The van der Waals surface area contributed by atoms with Crippen molar-refractivity contribution in [2.24, 2.45) is 4.99 Å². The Labute approximate surface area is 227 Å². The predicted molar refractivity (Wildman–Crippen MR) is 146 cm³/mol. The highest BCUT2D eigenvalue weighted by molar-refractivity contribution is 6.37. The van der Waals surface area contributed by atoms with Gasteiger partial charge in [0.05, 0.1) is 22.0 Å². The molecule has 0 radical (unpaired) electrons. The number of nitrogens with one attached hydrogen (secondary N) is 3. The molecule has 5 rings (SSSR count). The van der Waals surface area contributed by atoms with Gasteiger partial charge in [-0.1, -0.05) is 83.9 Å². The molecule has 9 nitrogen and oxygen atoms in total. The monoisotopic (exact) mass is 546 g/mol. The molecule has 1 aliphatic heterocycles. The number of para-hydroxylation sites is 1. The van der Waals surface area contributed by atoms with Crippen LogP contribution in [0.2, 0.25) is 10.0 Å². The van der Waals surface area contributed by atoms with Crippen molar-refractivity contribution < 1.29 is 14.4 Å². The molecule has 38 heavy (non-hydrogen) atoms. The van der Waals surface area contributed by atoms with Crippen LogP contribution in [0.5, 0.6) is 0 Å². The number of hydrogen-bond donors (Lipinski definition) is 3. The number of likely N-dealkylation sites (N-methyl/N-ethyl adjacent to an activating group) is 1. The van der Waals surface area contributed by atoms with E-state index in [0.717, 1.165) is 11.1 Å². The van der Waals surface area contributed by atoms with Crippen LogP contribution in [-0.4, -0.2) is 46.8 Å². The molecular formula is C27H20Cl2N6O3. The lowest BCUT2D eigenvalue weighted by molar-refractivity contribution is -0.119. The molecule has 3 N–H and O–H groups in total. The first kappa shape index (κ1) is 25.2. The molecule has 4 aromatic rings. The number of aromatic amines is 1. The molecule has 1 atom stereocenters. The maximum absolute atomic E-state index is 13.4. The van der Waals surface area contributed by atoms with Gasteiger partial charge in [-0.15, -0.1) is 0 Å². The number of aromatic nitrogens is 2. The number of H-pyrrole nitrogens is 1. The fourth-order valence-electron chi connectivity index (χ4n) is 4.02. The fourth-order valence-corrected chi connectivity index (χ4v) is 4.46. The number of amides is 3. The highest BCUT2D eigenvalue weighted by Crippen LogP contribution is 2.28. The Morgan fingerprint density at radius 3 is 2.37 bits per heavy atom. The van der Waals surface area contributed by atoms with Crippen molar-refractivity contribution in [1.29, 1.82) is 0 Å². The van der Waals surface area contributed by atoms with Gasteiger partial charge < -0.3 is 15.5 Å². The van der Waals surface area contributed by atoms with Gasteiger partial charge in [0.15, 0.2) is 5.82 Å². The van der Waals surface area contributed by atoms with Crippen molar-refractivity contribution >= 4 is 58.1 Å². The lowest BCUT2D eigenvalue weighted by atomic mass is 10.0. The maximum Gasteiger partial charge on any atom is 0.272 e. The summed E-state index contributed by atoms with van der Waals surface area (Å²) < 4.78 is 0. The van der Waals surface area contributed by atoms with E-state index >= 15 is 0 Å². The van der Waals surface area contributed by atoms with Crippen LogP contribution in [0.15, 0.2) is 83.9 Å². The zero-order chi connectivity index (χ0) is 26.8. The van der Waals surface area contributed by atoms with Gasteiger partial charge >= 0.3 is 0 Å². The van der Waals surface area contributed by atoms with Gasteiger partial charge in [-0.05, 0) is 18.2 Å². The topological polar surface area (TPSA) is 120 Å². The molecular weight excluding hydrogens is 527 g/mol. The van der Waals surface area contributed by atoms with Gasteiger partial charge in [-0.2, -0.15) is 5.10 Å². The third kappa shape index (κ3) is 4.77. The van der Waals surface area contributed by atoms with Crippen molar-refractivity contribution in [3.8, 4) is 0 Å². The van der Waals surface area contributed by atoms with Crippen molar-refractivity contribution in [3.63, 3.8) is 0 Å². The molecule has 3 aromatic carbocycles. The molecule has 0 saturated heterocycles. The van der Waals surface area contributed by atoms with E-state index in [-0.39, 0.29) is 27.1 Å². The summed E-state index contributed by atoms with van der Waals surface area (Å²) in [5, 5.41) is 11.8. The standard InChI is InChI=1S/C27H20Cl2N6O3/c1-35-19-14-8-6-12-17(19)21(15-9-3-2-4-10-15)30-24(27(35)38)32-26(37)22-20(29)23(34-33-22)31-25(36)16-11-5-7-13-18(16)28/h2-14,24H,1H3,(H,32,37)(H2,31,33,34,36). The number of anilines is 2. The van der Waals surface area contributed by atoms with Crippen LogP contribution in [0.3, 0.4) is 0 Å². The van der Waals surface area contributed by atoms with Crippen LogP contribution in [-0.2, 0) is 4.79 Å². The second-order valence-corrected chi connectivity index (χ2v) is 9.11. The Hall–Kier alpha value is -4.47. The van der Waals surface area contributed by atoms with Crippen molar-refractivity contribution in [3.05, 3.63) is 111 Å². The first-order valence-electron chi connectivity index (χ1n) is 11.5. The summed E-state index contributed by atoms with van der Waals surface area (Å²) in [6.45, 7) is 0. The second kappa shape index (κ2) is 10.5. The van der Waals surface area contributed by atoms with E-state index in [0.29, 0.717) is 11.4 Å². The van der Waals surface area contributed by atoms with Gasteiger partial charge in [0.1, 0.15) is 10.7 Å². The number of halogens is 2. The van der Waals surface area contributed by atoms with Gasteiger partial charge in [0.2, 0.25) is 6.17 Å². The Kier molecular flexibility index (Phi) is 6.95. The summed E-state index contributed by atoms with van der Waals surface area (Å²) in [5.74, 6) is -1.78. The molecule has 2 heterocycles. The van der Waals surface area contributed by atoms with Crippen molar-refractivity contribution in [2.75, 3.05) is 17.3 Å². The highest BCUT2D eigenvalue weighted by Gasteiger charge is 2.32. The summed E-state index contributed by atoms with van der Waals surface area (Å²) in [7, 11) is 1.62. The molecule has 0 bridgehead atoms. The molecule has 1 unspecified atom stereocenters. The van der Waals surface area contributed by atoms with E-state index < -0.39 is 23.9 Å². The second-order valence-electron chi connectivity index (χ2n) is 8.33. The van der Waals surface area contributed by atoms with E-state index in [4.69, 9.17) is 23.2 Å². The van der Waals surface area contributed by atoms with Gasteiger partial charge in [0.25, 0.3) is 17.7 Å². The largest absolute Gasteiger partial charge is 0.321 e. The van der Waals surface area contributed by atoms with E-state index in [1.165, 1.54) is 4.90 Å². The normalized spacial score (nSPS) is 14.8. The van der Waals surface area contributed by atoms with Crippen LogP contribution >= 0.6 is 23.2 Å². The molecule has 0 saturated carbocycles. The number of carbonyl (C=O) groups is 3. The smallest absolute Gasteiger partial charge is 0.272 e. The Morgan fingerprint density at radius 2 is 1.61 bits per heavy atom. The average Bonchev–Trinajstić information content (AvgIpc) is 3.25. The van der Waals surface area contributed by atoms with Crippen LogP contribution in [0.25, 0.3) is 0 Å². The van der Waals surface area contributed by atoms with Crippen molar-refractivity contribution in [2.45, 2.75) is 6.17 Å². The first-order chi connectivity index (χ1) is 18.3.